The highest BCUT2D eigenvalue weighted by Crippen LogP contribution is 2.06. The maximum atomic E-state index is 12.6. The van der Waals surface area contributed by atoms with Gasteiger partial charge in [-0.2, -0.15) is 4.79 Å². The third-order valence-electron chi connectivity index (χ3n) is 2.30. The zero-order valence-electron chi connectivity index (χ0n) is 9.72. The monoisotopic (exact) mass is 250 g/mol. The fourth-order valence-electron chi connectivity index (χ4n) is 1.33. The first-order valence-corrected chi connectivity index (χ1v) is 5.16. The van der Waals surface area contributed by atoms with Gasteiger partial charge >= 0.3 is 11.7 Å². The molecule has 0 aliphatic heterocycles. The normalized spacial score (nSPS) is 9.44. The topological polar surface area (TPSA) is 79.8 Å². The molecule has 0 aliphatic rings. The van der Waals surface area contributed by atoms with Crippen LogP contribution in [0.15, 0.2) is 24.3 Å². The van der Waals surface area contributed by atoms with Gasteiger partial charge in [-0.1, -0.05) is 12.1 Å². The molecule has 0 amide bonds. The Labute approximate surface area is 103 Å². The van der Waals surface area contributed by atoms with Gasteiger partial charge in [-0.25, -0.2) is 9.18 Å². The minimum Gasteiger partial charge on any atom is -0.460 e. The number of hydrogen-bond donors (Lipinski definition) is 0. The molecule has 0 N–H and O–H groups in total. The van der Waals surface area contributed by atoms with Crippen LogP contribution in [0.1, 0.15) is 12.0 Å². The maximum absolute atomic E-state index is 12.6. The fraction of sp³-hybridized carbons (Fsp3) is 0.250. The summed E-state index contributed by atoms with van der Waals surface area (Å²) in [6, 6.07) is 5.63. The Balaban J connectivity index is 2.63. The molecule has 0 heterocycles. The number of esters is 1. The van der Waals surface area contributed by atoms with Gasteiger partial charge in [0.05, 0.1) is 7.11 Å². The van der Waals surface area contributed by atoms with Crippen LogP contribution >= 0.6 is 0 Å². The predicted molar refractivity (Wildman–Crippen MR) is 60.4 cm³/mol. The minimum absolute atomic E-state index is 0.0277. The molecule has 0 atom stereocenters. The van der Waals surface area contributed by atoms with Gasteiger partial charge in [0.15, 0.2) is 0 Å². The van der Waals surface area contributed by atoms with Crippen molar-refractivity contribution in [1.82, 2.24) is 0 Å². The average Bonchev–Trinajstić information content (AvgIpc) is 2.38. The molecule has 0 fully saturated rings. The predicted octanol–water partition coefficient (Wildman–Crippen LogP) is 1.17. The Hall–Kier alpha value is -2.33. The number of rotatable bonds is 5. The average molecular weight is 250 g/mol. The minimum atomic E-state index is -0.985. The molecule has 0 spiro atoms. The molecule has 0 unspecified atom stereocenters. The Morgan fingerprint density at radius 3 is 2.44 bits per heavy atom. The van der Waals surface area contributed by atoms with Crippen molar-refractivity contribution in [2.24, 2.45) is 0 Å². The molecule has 94 valence electrons. The number of halogens is 1. The molecule has 5 nitrogen and oxygen atoms in total. The molecule has 0 bridgehead atoms. The molecule has 0 aliphatic carbocycles. The van der Waals surface area contributed by atoms with Gasteiger partial charge in [0.25, 0.3) is 5.78 Å². The van der Waals surface area contributed by atoms with E-state index in [1.54, 1.807) is 0 Å². The van der Waals surface area contributed by atoms with Crippen LogP contribution < -0.4 is 0 Å². The second-order valence-electron chi connectivity index (χ2n) is 3.49. The largest absolute Gasteiger partial charge is 0.460 e. The third-order valence-corrected chi connectivity index (χ3v) is 2.30. The van der Waals surface area contributed by atoms with Crippen molar-refractivity contribution in [3.8, 4) is 0 Å². The summed E-state index contributed by atoms with van der Waals surface area (Å²) in [5, 5.41) is 0. The van der Waals surface area contributed by atoms with E-state index in [1.165, 1.54) is 24.3 Å². The molecular weight excluding hydrogens is 239 g/mol. The number of hydrogen-bond acceptors (Lipinski definition) is 3. The van der Waals surface area contributed by atoms with Crippen molar-refractivity contribution >= 4 is 17.5 Å². The van der Waals surface area contributed by atoms with Gasteiger partial charge in [-0.15, -0.1) is 0 Å². The number of carbonyl (C=O) groups is 2. The molecule has 1 aromatic rings. The zero-order valence-corrected chi connectivity index (χ0v) is 9.72. The van der Waals surface area contributed by atoms with E-state index in [0.717, 1.165) is 12.7 Å². The van der Waals surface area contributed by atoms with Crippen LogP contribution in [-0.4, -0.2) is 29.4 Å². The van der Waals surface area contributed by atoms with Crippen LogP contribution in [0, 0.1) is 5.82 Å². The Morgan fingerprint density at radius 1 is 1.33 bits per heavy atom. The number of aryl methyl sites for hydroxylation is 1. The highest BCUT2D eigenvalue weighted by molar-refractivity contribution is 6.62. The van der Waals surface area contributed by atoms with Crippen molar-refractivity contribution in [2.75, 3.05) is 7.11 Å². The lowest BCUT2D eigenvalue weighted by molar-refractivity contribution is -0.139. The van der Waals surface area contributed by atoms with Crippen LogP contribution in [0.5, 0.6) is 0 Å². The second kappa shape index (κ2) is 6.42. The quantitative estimate of drug-likeness (QED) is 0.259. The van der Waals surface area contributed by atoms with Gasteiger partial charge in [-0.05, 0) is 24.1 Å². The van der Waals surface area contributed by atoms with E-state index in [-0.39, 0.29) is 12.2 Å². The van der Waals surface area contributed by atoms with E-state index in [2.05, 4.69) is 9.53 Å². The fourth-order valence-corrected chi connectivity index (χ4v) is 1.33. The summed E-state index contributed by atoms with van der Waals surface area (Å²) in [6.07, 6.45) is 0.287. The molecule has 0 radical (unpaired) electrons. The molecule has 1 rings (SSSR count). The summed E-state index contributed by atoms with van der Waals surface area (Å²) in [4.78, 5) is 25.2. The standard InChI is InChI=1S/C12H11FN2O3/c1-18-12(17)11(15-14)10(16)7-4-8-2-5-9(13)6-3-8/h2-3,5-6H,4,7H2,1H3. The van der Waals surface area contributed by atoms with Crippen molar-refractivity contribution in [1.29, 1.82) is 0 Å². The molecule has 0 saturated heterocycles. The van der Waals surface area contributed by atoms with Crippen molar-refractivity contribution in [3.05, 3.63) is 41.2 Å². The van der Waals surface area contributed by atoms with E-state index in [0.29, 0.717) is 6.42 Å². The van der Waals surface area contributed by atoms with Crippen LogP contribution in [0.25, 0.3) is 5.53 Å². The smallest absolute Gasteiger partial charge is 0.441 e. The van der Waals surface area contributed by atoms with E-state index in [9.17, 15) is 14.0 Å². The zero-order chi connectivity index (χ0) is 13.5. The number of ketones is 1. The van der Waals surface area contributed by atoms with E-state index < -0.39 is 17.5 Å². The maximum Gasteiger partial charge on any atom is 0.441 e. The summed E-state index contributed by atoms with van der Waals surface area (Å²) in [7, 11) is 1.08. The molecule has 6 heteroatoms. The van der Waals surface area contributed by atoms with Crippen molar-refractivity contribution < 1.29 is 23.5 Å². The Kier molecular flexibility index (Phi) is 4.90. The lowest BCUT2D eigenvalue weighted by Gasteiger charge is -1.98. The first kappa shape index (κ1) is 13.7. The number of ether oxygens (including phenoxy) is 1. The summed E-state index contributed by atoms with van der Waals surface area (Å²) in [6.45, 7) is 0. The first-order valence-electron chi connectivity index (χ1n) is 5.16. The number of methoxy groups -OCH3 is 1. The van der Waals surface area contributed by atoms with Gasteiger partial charge < -0.3 is 10.3 Å². The third kappa shape index (κ3) is 3.61. The SMILES string of the molecule is COC(=O)C(=[N+]=[N-])C(=O)CCc1ccc(F)cc1. The van der Waals surface area contributed by atoms with E-state index in [1.807, 2.05) is 0 Å². The second-order valence-corrected chi connectivity index (χ2v) is 3.49. The van der Waals surface area contributed by atoms with Gasteiger partial charge in [0, 0.05) is 6.42 Å². The summed E-state index contributed by atoms with van der Waals surface area (Å²) in [5.74, 6) is -1.98. The van der Waals surface area contributed by atoms with Crippen LogP contribution in [0.2, 0.25) is 0 Å². The molecule has 1 aromatic carbocycles. The highest BCUT2D eigenvalue weighted by Gasteiger charge is 2.29. The van der Waals surface area contributed by atoms with Crippen LogP contribution in [0.3, 0.4) is 0 Å². The van der Waals surface area contributed by atoms with Gasteiger partial charge in [-0.3, -0.25) is 4.79 Å². The van der Waals surface area contributed by atoms with Gasteiger partial charge in [0.1, 0.15) is 5.82 Å². The first-order chi connectivity index (χ1) is 8.58. The van der Waals surface area contributed by atoms with E-state index in [4.69, 9.17) is 5.53 Å². The van der Waals surface area contributed by atoms with Crippen molar-refractivity contribution in [3.63, 3.8) is 0 Å². The Morgan fingerprint density at radius 2 is 1.94 bits per heavy atom. The molecular formula is C12H11FN2O3. The number of nitrogens with zero attached hydrogens (tertiary/aromatic N) is 2. The molecule has 0 aromatic heterocycles. The number of Topliss-reactive ketones (excluding diaryl/α,β-unsaturated/α-hetero) is 1. The number of carbonyl (C=O) groups excluding carboxylic acids is 2. The molecule has 0 saturated carbocycles. The van der Waals surface area contributed by atoms with Crippen LogP contribution in [0.4, 0.5) is 4.39 Å². The van der Waals surface area contributed by atoms with Crippen molar-refractivity contribution in [2.45, 2.75) is 12.8 Å². The highest BCUT2D eigenvalue weighted by atomic mass is 19.1. The number of benzene rings is 1. The summed E-state index contributed by atoms with van der Waals surface area (Å²) < 4.78 is 16.9. The van der Waals surface area contributed by atoms with Gasteiger partial charge in [0.2, 0.25) is 0 Å². The van der Waals surface area contributed by atoms with Crippen LogP contribution in [-0.2, 0) is 20.7 Å². The molecule has 18 heavy (non-hydrogen) atoms. The Bertz CT molecular complexity index is 505. The summed E-state index contributed by atoms with van der Waals surface area (Å²) >= 11 is 0. The van der Waals surface area contributed by atoms with E-state index >= 15 is 0 Å². The lowest BCUT2D eigenvalue weighted by atomic mass is 10.1. The lowest BCUT2D eigenvalue weighted by Crippen LogP contribution is -2.26. The summed E-state index contributed by atoms with van der Waals surface area (Å²) in [5.41, 5.74) is 8.65.